The van der Waals surface area contributed by atoms with Crippen LogP contribution in [0.5, 0.6) is 0 Å². The van der Waals surface area contributed by atoms with Crippen molar-refractivity contribution in [2.75, 3.05) is 26.7 Å². The van der Waals surface area contributed by atoms with Gasteiger partial charge in [0.15, 0.2) is 0 Å². The van der Waals surface area contributed by atoms with Gasteiger partial charge in [-0.15, -0.1) is 0 Å². The van der Waals surface area contributed by atoms with E-state index in [-0.39, 0.29) is 12.0 Å². The van der Waals surface area contributed by atoms with E-state index >= 15 is 0 Å². The number of morpholine rings is 1. The van der Waals surface area contributed by atoms with Gasteiger partial charge < -0.3 is 15.0 Å². The molecule has 2 rings (SSSR count). The second-order valence-electron chi connectivity index (χ2n) is 4.35. The molecule has 4 nitrogen and oxygen atoms in total. The van der Waals surface area contributed by atoms with E-state index in [1.807, 2.05) is 24.3 Å². The maximum absolute atomic E-state index is 12.2. The summed E-state index contributed by atoms with van der Waals surface area (Å²) >= 11 is 3.49. The van der Waals surface area contributed by atoms with E-state index in [9.17, 15) is 4.79 Å². The number of benzene rings is 1. The van der Waals surface area contributed by atoms with E-state index in [0.717, 1.165) is 16.6 Å². The SMILES string of the molecule is CN(Cc1ccccc1Br)C(=O)[C@@H]1CNCCO1. The number of hydrogen-bond donors (Lipinski definition) is 1. The van der Waals surface area contributed by atoms with Gasteiger partial charge in [0.05, 0.1) is 6.61 Å². The average molecular weight is 313 g/mol. The molecule has 0 aliphatic carbocycles. The lowest BCUT2D eigenvalue weighted by Gasteiger charge is -2.27. The van der Waals surface area contributed by atoms with Crippen molar-refractivity contribution in [3.63, 3.8) is 0 Å². The predicted octanol–water partition coefficient (Wildman–Crippen LogP) is 1.40. The van der Waals surface area contributed by atoms with Crippen molar-refractivity contribution in [3.05, 3.63) is 34.3 Å². The lowest BCUT2D eigenvalue weighted by atomic mass is 10.2. The largest absolute Gasteiger partial charge is 0.366 e. The molecule has 0 radical (unpaired) electrons. The highest BCUT2D eigenvalue weighted by Crippen LogP contribution is 2.17. The summed E-state index contributed by atoms with van der Waals surface area (Å²) in [6.45, 7) is 2.59. The standard InChI is InChI=1S/C13H17BrN2O2/c1-16(9-10-4-2-3-5-11(10)14)13(17)12-8-15-6-7-18-12/h2-5,12,15H,6-9H2,1H3/t12-/m0/s1. The number of amides is 1. The van der Waals surface area contributed by atoms with Gasteiger partial charge in [0.1, 0.15) is 6.10 Å². The summed E-state index contributed by atoms with van der Waals surface area (Å²) in [6.07, 6.45) is -0.355. The molecule has 0 aromatic heterocycles. The van der Waals surface area contributed by atoms with Gasteiger partial charge in [-0.25, -0.2) is 0 Å². The van der Waals surface area contributed by atoms with Gasteiger partial charge in [-0.3, -0.25) is 4.79 Å². The lowest BCUT2D eigenvalue weighted by Crippen LogP contribution is -2.48. The molecule has 1 aromatic carbocycles. The van der Waals surface area contributed by atoms with Gasteiger partial charge in [-0.05, 0) is 11.6 Å². The average Bonchev–Trinajstić information content (AvgIpc) is 2.41. The third-order valence-electron chi connectivity index (χ3n) is 2.94. The third-order valence-corrected chi connectivity index (χ3v) is 3.72. The van der Waals surface area contributed by atoms with Crippen LogP contribution in [0, 0.1) is 0 Å². The first-order valence-corrected chi connectivity index (χ1v) is 6.78. The van der Waals surface area contributed by atoms with Crippen LogP contribution in [-0.2, 0) is 16.1 Å². The quantitative estimate of drug-likeness (QED) is 0.917. The number of carbonyl (C=O) groups excluding carboxylic acids is 1. The monoisotopic (exact) mass is 312 g/mol. The first kappa shape index (κ1) is 13.5. The Morgan fingerprint density at radius 1 is 1.56 bits per heavy atom. The third kappa shape index (κ3) is 3.31. The van der Waals surface area contributed by atoms with E-state index in [0.29, 0.717) is 19.7 Å². The summed E-state index contributed by atoms with van der Waals surface area (Å²) in [5.74, 6) is 0.0259. The minimum absolute atomic E-state index is 0.0259. The smallest absolute Gasteiger partial charge is 0.253 e. The normalized spacial score (nSPS) is 19.6. The Balaban J connectivity index is 1.96. The zero-order valence-corrected chi connectivity index (χ0v) is 11.9. The topological polar surface area (TPSA) is 41.6 Å². The summed E-state index contributed by atoms with van der Waals surface area (Å²) in [5, 5.41) is 3.16. The molecule has 1 fully saturated rings. The van der Waals surface area contributed by atoms with Crippen molar-refractivity contribution in [1.82, 2.24) is 10.2 Å². The highest BCUT2D eigenvalue weighted by molar-refractivity contribution is 9.10. The van der Waals surface area contributed by atoms with Crippen molar-refractivity contribution in [2.24, 2.45) is 0 Å². The maximum Gasteiger partial charge on any atom is 0.253 e. The Labute approximate surface area is 115 Å². The van der Waals surface area contributed by atoms with Gasteiger partial charge >= 0.3 is 0 Å². The second kappa shape index (κ2) is 6.31. The molecule has 1 aliphatic rings. The maximum atomic E-state index is 12.2. The number of halogens is 1. The summed E-state index contributed by atoms with van der Waals surface area (Å²) in [6, 6.07) is 7.92. The van der Waals surface area contributed by atoms with Crippen LogP contribution in [-0.4, -0.2) is 43.7 Å². The zero-order chi connectivity index (χ0) is 13.0. The number of hydrogen-bond acceptors (Lipinski definition) is 3. The van der Waals surface area contributed by atoms with Crippen molar-refractivity contribution in [1.29, 1.82) is 0 Å². The summed E-state index contributed by atoms with van der Waals surface area (Å²) < 4.78 is 6.48. The van der Waals surface area contributed by atoms with Crippen molar-refractivity contribution < 1.29 is 9.53 Å². The molecular formula is C13H17BrN2O2. The molecule has 0 unspecified atom stereocenters. The Kier molecular flexibility index (Phi) is 4.74. The fraction of sp³-hybridized carbons (Fsp3) is 0.462. The molecule has 5 heteroatoms. The first-order chi connectivity index (χ1) is 8.68. The molecule has 0 bridgehead atoms. The fourth-order valence-electron chi connectivity index (χ4n) is 1.93. The van der Waals surface area contributed by atoms with Gasteiger partial charge in [0.2, 0.25) is 0 Å². The number of nitrogens with one attached hydrogen (secondary N) is 1. The van der Waals surface area contributed by atoms with Crippen LogP contribution < -0.4 is 5.32 Å². The van der Waals surface area contributed by atoms with E-state index in [1.165, 1.54) is 0 Å². The van der Waals surface area contributed by atoms with Crippen LogP contribution in [0.25, 0.3) is 0 Å². The molecule has 1 N–H and O–H groups in total. The second-order valence-corrected chi connectivity index (χ2v) is 5.20. The Bertz CT molecular complexity index is 419. The molecule has 98 valence electrons. The van der Waals surface area contributed by atoms with Crippen molar-refractivity contribution >= 4 is 21.8 Å². The molecule has 1 saturated heterocycles. The molecule has 1 aliphatic heterocycles. The number of nitrogens with zero attached hydrogens (tertiary/aromatic N) is 1. The van der Waals surface area contributed by atoms with Crippen LogP contribution in [0.3, 0.4) is 0 Å². The van der Waals surface area contributed by atoms with Crippen LogP contribution in [0.2, 0.25) is 0 Å². The molecule has 1 amide bonds. The minimum Gasteiger partial charge on any atom is -0.366 e. The van der Waals surface area contributed by atoms with Gasteiger partial charge in [0.25, 0.3) is 5.91 Å². The van der Waals surface area contributed by atoms with E-state index in [4.69, 9.17) is 4.74 Å². The summed E-state index contributed by atoms with van der Waals surface area (Å²) in [7, 11) is 1.81. The van der Waals surface area contributed by atoms with E-state index < -0.39 is 0 Å². The highest BCUT2D eigenvalue weighted by Gasteiger charge is 2.24. The molecular weight excluding hydrogens is 296 g/mol. The van der Waals surface area contributed by atoms with Crippen LogP contribution in [0.1, 0.15) is 5.56 Å². The van der Waals surface area contributed by atoms with Crippen molar-refractivity contribution in [3.8, 4) is 0 Å². The van der Waals surface area contributed by atoms with Gasteiger partial charge in [0, 0.05) is 31.2 Å². The van der Waals surface area contributed by atoms with E-state index in [1.54, 1.807) is 11.9 Å². The highest BCUT2D eigenvalue weighted by atomic mass is 79.9. The molecule has 1 aromatic rings. The molecule has 18 heavy (non-hydrogen) atoms. The van der Waals surface area contributed by atoms with Crippen LogP contribution in [0.4, 0.5) is 0 Å². The Morgan fingerprint density at radius 3 is 3.00 bits per heavy atom. The number of likely N-dealkylation sites (N-methyl/N-ethyl adjacent to an activating group) is 1. The number of ether oxygens (including phenoxy) is 1. The fourth-order valence-corrected chi connectivity index (χ4v) is 2.34. The summed E-state index contributed by atoms with van der Waals surface area (Å²) in [5.41, 5.74) is 1.09. The van der Waals surface area contributed by atoms with Crippen LogP contribution in [0.15, 0.2) is 28.7 Å². The van der Waals surface area contributed by atoms with Gasteiger partial charge in [-0.2, -0.15) is 0 Å². The predicted molar refractivity (Wildman–Crippen MR) is 73.2 cm³/mol. The zero-order valence-electron chi connectivity index (χ0n) is 10.4. The van der Waals surface area contributed by atoms with E-state index in [2.05, 4.69) is 21.2 Å². The summed E-state index contributed by atoms with van der Waals surface area (Å²) in [4.78, 5) is 13.9. The Hall–Kier alpha value is -0.910. The molecule has 0 saturated carbocycles. The lowest BCUT2D eigenvalue weighted by molar-refractivity contribution is -0.144. The minimum atomic E-state index is -0.355. The van der Waals surface area contributed by atoms with Gasteiger partial charge in [-0.1, -0.05) is 34.1 Å². The van der Waals surface area contributed by atoms with Crippen molar-refractivity contribution in [2.45, 2.75) is 12.6 Å². The molecule has 0 spiro atoms. The van der Waals surface area contributed by atoms with Crippen LogP contribution >= 0.6 is 15.9 Å². The number of carbonyl (C=O) groups is 1. The number of rotatable bonds is 3. The molecule has 1 atom stereocenters. The first-order valence-electron chi connectivity index (χ1n) is 5.99. The molecule has 1 heterocycles. The Morgan fingerprint density at radius 2 is 2.33 bits per heavy atom.